The summed E-state index contributed by atoms with van der Waals surface area (Å²) in [5.74, 6) is -0.733. The Labute approximate surface area is 171 Å². The Balaban J connectivity index is 1.88. The lowest BCUT2D eigenvalue weighted by atomic mass is 10.2. The van der Waals surface area contributed by atoms with Crippen LogP contribution in [0.1, 0.15) is 18.4 Å². The molecule has 1 heterocycles. The highest BCUT2D eigenvalue weighted by molar-refractivity contribution is 9.10. The Morgan fingerprint density at radius 1 is 1.29 bits per heavy atom. The van der Waals surface area contributed by atoms with Gasteiger partial charge >= 0.3 is 0 Å². The van der Waals surface area contributed by atoms with E-state index in [4.69, 9.17) is 4.74 Å². The van der Waals surface area contributed by atoms with Crippen LogP contribution in [0.25, 0.3) is 0 Å². The number of nitrogens with one attached hydrogen (secondary N) is 1. The van der Waals surface area contributed by atoms with Crippen LogP contribution in [-0.4, -0.2) is 38.3 Å². The molecule has 6 nitrogen and oxygen atoms in total. The fourth-order valence-electron chi connectivity index (χ4n) is 3.21. The molecule has 0 saturated carbocycles. The van der Waals surface area contributed by atoms with Crippen molar-refractivity contribution in [1.82, 2.24) is 4.31 Å². The second-order valence-corrected chi connectivity index (χ2v) is 9.29. The highest BCUT2D eigenvalue weighted by atomic mass is 79.9. The quantitative estimate of drug-likeness (QED) is 0.722. The summed E-state index contributed by atoms with van der Waals surface area (Å²) in [4.78, 5) is 12.8. The van der Waals surface area contributed by atoms with Gasteiger partial charge in [0.25, 0.3) is 0 Å². The van der Waals surface area contributed by atoms with E-state index in [0.717, 1.165) is 0 Å². The second-order valence-electron chi connectivity index (χ2n) is 6.52. The van der Waals surface area contributed by atoms with Crippen LogP contribution in [0.4, 0.5) is 10.1 Å². The van der Waals surface area contributed by atoms with Crippen LogP contribution in [0.3, 0.4) is 0 Å². The molecule has 0 aromatic heterocycles. The Bertz CT molecular complexity index is 1010. The van der Waals surface area contributed by atoms with E-state index in [1.807, 2.05) is 0 Å². The van der Waals surface area contributed by atoms with E-state index in [9.17, 15) is 17.6 Å². The second kappa shape index (κ2) is 8.18. The average Bonchev–Trinajstić information content (AvgIpc) is 3.15. The third-order valence-corrected chi connectivity index (χ3v) is 7.22. The molecule has 2 aromatic carbocycles. The molecule has 150 valence electrons. The predicted octanol–water partition coefficient (Wildman–Crippen LogP) is 3.70. The van der Waals surface area contributed by atoms with Crippen molar-refractivity contribution in [2.45, 2.75) is 30.7 Å². The molecule has 2 aromatic rings. The van der Waals surface area contributed by atoms with Gasteiger partial charge in [-0.25, -0.2) is 12.8 Å². The van der Waals surface area contributed by atoms with Gasteiger partial charge < -0.3 is 10.1 Å². The normalized spacial score (nSPS) is 17.5. The van der Waals surface area contributed by atoms with Gasteiger partial charge in [0, 0.05) is 17.1 Å². The molecule has 0 bridgehead atoms. The van der Waals surface area contributed by atoms with Crippen LogP contribution in [0, 0.1) is 12.7 Å². The summed E-state index contributed by atoms with van der Waals surface area (Å²) < 4.78 is 47.3. The van der Waals surface area contributed by atoms with Crippen LogP contribution in [0.5, 0.6) is 5.75 Å². The average molecular weight is 471 g/mol. The highest BCUT2D eigenvalue weighted by Crippen LogP contribution is 2.31. The highest BCUT2D eigenvalue weighted by Gasteiger charge is 2.40. The Hall–Kier alpha value is -1.97. The van der Waals surface area contributed by atoms with E-state index in [2.05, 4.69) is 21.2 Å². The minimum absolute atomic E-state index is 0.00927. The molecule has 3 rings (SSSR count). The first-order valence-corrected chi connectivity index (χ1v) is 10.9. The third kappa shape index (κ3) is 4.06. The number of carbonyl (C=O) groups excluding carboxylic acids is 1. The lowest BCUT2D eigenvalue weighted by Crippen LogP contribution is -2.43. The molecular formula is C19H20BrFN2O4S. The SMILES string of the molecule is COc1ccc(C)c(S(=O)(=O)N2CCCC2C(=O)Nc2ccc(Br)cc2F)c1. The molecular weight excluding hydrogens is 451 g/mol. The zero-order chi connectivity index (χ0) is 20.5. The van der Waals surface area contributed by atoms with Crippen molar-refractivity contribution in [3.63, 3.8) is 0 Å². The summed E-state index contributed by atoms with van der Waals surface area (Å²) in [6.07, 6.45) is 0.912. The molecule has 1 unspecified atom stereocenters. The number of anilines is 1. The number of benzene rings is 2. The minimum Gasteiger partial charge on any atom is -0.497 e. The number of ether oxygens (including phenoxy) is 1. The van der Waals surface area contributed by atoms with Crippen LogP contribution >= 0.6 is 15.9 Å². The zero-order valence-corrected chi connectivity index (χ0v) is 17.8. The smallest absolute Gasteiger partial charge is 0.244 e. The molecule has 0 radical (unpaired) electrons. The molecule has 28 heavy (non-hydrogen) atoms. The van der Waals surface area contributed by atoms with E-state index >= 15 is 0 Å². The van der Waals surface area contributed by atoms with Gasteiger partial charge in [-0.05, 0) is 49.6 Å². The van der Waals surface area contributed by atoms with Crippen molar-refractivity contribution in [3.8, 4) is 5.75 Å². The summed E-state index contributed by atoms with van der Waals surface area (Å²) in [6, 6.07) is 8.15. The number of rotatable bonds is 5. The summed E-state index contributed by atoms with van der Waals surface area (Å²) in [6.45, 7) is 1.91. The van der Waals surface area contributed by atoms with E-state index in [1.54, 1.807) is 25.1 Å². The van der Waals surface area contributed by atoms with Gasteiger partial charge in [0.15, 0.2) is 0 Å². The first-order valence-electron chi connectivity index (χ1n) is 8.66. The zero-order valence-electron chi connectivity index (χ0n) is 15.4. The lowest BCUT2D eigenvalue weighted by Gasteiger charge is -2.24. The van der Waals surface area contributed by atoms with Gasteiger partial charge in [-0.2, -0.15) is 4.31 Å². The molecule has 1 saturated heterocycles. The van der Waals surface area contributed by atoms with Crippen molar-refractivity contribution in [3.05, 3.63) is 52.3 Å². The summed E-state index contributed by atoms with van der Waals surface area (Å²) in [7, 11) is -2.46. The number of halogens is 2. The van der Waals surface area contributed by atoms with Gasteiger partial charge in [0.1, 0.15) is 17.6 Å². The molecule has 1 amide bonds. The van der Waals surface area contributed by atoms with Crippen LogP contribution in [0.15, 0.2) is 45.8 Å². The third-order valence-electron chi connectivity index (χ3n) is 4.68. The molecule has 1 aliphatic rings. The van der Waals surface area contributed by atoms with Gasteiger partial charge in [0.2, 0.25) is 15.9 Å². The number of nitrogens with zero attached hydrogens (tertiary/aromatic N) is 1. The van der Waals surface area contributed by atoms with E-state index in [1.165, 1.54) is 29.6 Å². The summed E-state index contributed by atoms with van der Waals surface area (Å²) >= 11 is 3.16. The number of methoxy groups -OCH3 is 1. The van der Waals surface area contributed by atoms with E-state index in [0.29, 0.717) is 28.6 Å². The van der Waals surface area contributed by atoms with Crippen molar-refractivity contribution in [2.24, 2.45) is 0 Å². The largest absolute Gasteiger partial charge is 0.497 e. The summed E-state index contributed by atoms with van der Waals surface area (Å²) in [5.41, 5.74) is 0.570. The lowest BCUT2D eigenvalue weighted by molar-refractivity contribution is -0.119. The van der Waals surface area contributed by atoms with Crippen molar-refractivity contribution in [2.75, 3.05) is 19.0 Å². The van der Waals surface area contributed by atoms with E-state index in [-0.39, 0.29) is 17.1 Å². The monoisotopic (exact) mass is 470 g/mol. The maximum absolute atomic E-state index is 14.0. The van der Waals surface area contributed by atoms with Crippen LogP contribution < -0.4 is 10.1 Å². The number of hydrogen-bond donors (Lipinski definition) is 1. The van der Waals surface area contributed by atoms with Crippen molar-refractivity contribution < 1.29 is 22.3 Å². The first kappa shape index (κ1) is 20.8. The van der Waals surface area contributed by atoms with Crippen LogP contribution in [0.2, 0.25) is 0 Å². The topological polar surface area (TPSA) is 75.7 Å². The van der Waals surface area contributed by atoms with Crippen LogP contribution in [-0.2, 0) is 14.8 Å². The number of aryl methyl sites for hydroxylation is 1. The number of hydrogen-bond acceptors (Lipinski definition) is 4. The van der Waals surface area contributed by atoms with E-state index < -0.39 is 27.8 Å². The molecule has 1 atom stereocenters. The fraction of sp³-hybridized carbons (Fsp3) is 0.316. The maximum atomic E-state index is 14.0. The molecule has 9 heteroatoms. The van der Waals surface area contributed by atoms with Gasteiger partial charge in [-0.3, -0.25) is 4.79 Å². The maximum Gasteiger partial charge on any atom is 0.244 e. The Morgan fingerprint density at radius 3 is 2.71 bits per heavy atom. The van der Waals surface area contributed by atoms with Crippen molar-refractivity contribution in [1.29, 1.82) is 0 Å². The van der Waals surface area contributed by atoms with Gasteiger partial charge in [-0.15, -0.1) is 0 Å². The summed E-state index contributed by atoms with van der Waals surface area (Å²) in [5, 5.41) is 2.50. The molecule has 0 aliphatic carbocycles. The first-order chi connectivity index (χ1) is 13.2. The number of sulfonamides is 1. The van der Waals surface area contributed by atoms with Gasteiger partial charge in [0.05, 0.1) is 17.7 Å². The van der Waals surface area contributed by atoms with Crippen molar-refractivity contribution >= 4 is 37.5 Å². The predicted molar refractivity (Wildman–Crippen MR) is 107 cm³/mol. The molecule has 0 spiro atoms. The molecule has 1 fully saturated rings. The number of carbonyl (C=O) groups is 1. The minimum atomic E-state index is -3.91. The Morgan fingerprint density at radius 2 is 2.04 bits per heavy atom. The number of amides is 1. The Kier molecular flexibility index (Phi) is 6.07. The van der Waals surface area contributed by atoms with Gasteiger partial charge in [-0.1, -0.05) is 22.0 Å². The standard InChI is InChI=1S/C19H20BrFN2O4S/c1-12-5-7-14(27-2)11-18(12)28(25,26)23-9-3-4-17(23)19(24)22-16-8-6-13(20)10-15(16)21/h5-8,10-11,17H,3-4,9H2,1-2H3,(H,22,24). The molecule has 1 aliphatic heterocycles. The molecule has 1 N–H and O–H groups in total. The fourth-order valence-corrected chi connectivity index (χ4v) is 5.44.